The number of aliphatic hydroxyl groups is 2. The van der Waals surface area contributed by atoms with Gasteiger partial charge in [0.15, 0.2) is 0 Å². The van der Waals surface area contributed by atoms with Gasteiger partial charge in [0.1, 0.15) is 0 Å². The summed E-state index contributed by atoms with van der Waals surface area (Å²) in [6.07, 6.45) is -0.0145. The number of hydrogen-bond donors (Lipinski definition) is 2. The quantitative estimate of drug-likeness (QED) is 0.553. The van der Waals surface area contributed by atoms with Crippen LogP contribution < -0.4 is 0 Å². The number of rotatable bonds is 9. The topological polar surface area (TPSA) is 87.1 Å². The summed E-state index contributed by atoms with van der Waals surface area (Å²) >= 11 is 0. The number of hydrogen-bond acceptors (Lipinski definition) is 5. The molecule has 0 aliphatic rings. The second-order valence-electron chi connectivity index (χ2n) is 3.58. The molecule has 0 rings (SSSR count). The Morgan fingerprint density at radius 1 is 1.19 bits per heavy atom. The van der Waals surface area contributed by atoms with Gasteiger partial charge < -0.3 is 14.9 Å². The standard InChI is InChI=1S/C9H21NO5S/c1-9(2)15-7-8-16(13,14)10(3-5-11)4-6-12/h9,11-12H,3-8H2,1-2H3. The van der Waals surface area contributed by atoms with E-state index >= 15 is 0 Å². The van der Waals surface area contributed by atoms with Crippen LogP contribution in [0.4, 0.5) is 0 Å². The fourth-order valence-electron chi connectivity index (χ4n) is 1.13. The highest BCUT2D eigenvalue weighted by atomic mass is 32.2. The molecule has 0 saturated heterocycles. The fraction of sp³-hybridized carbons (Fsp3) is 1.00. The van der Waals surface area contributed by atoms with E-state index < -0.39 is 10.0 Å². The predicted molar refractivity (Wildman–Crippen MR) is 60.6 cm³/mol. The smallest absolute Gasteiger partial charge is 0.216 e. The van der Waals surface area contributed by atoms with Crippen molar-refractivity contribution in [3.05, 3.63) is 0 Å². The molecule has 0 atom stereocenters. The summed E-state index contributed by atoms with van der Waals surface area (Å²) in [6, 6.07) is 0. The highest BCUT2D eigenvalue weighted by Crippen LogP contribution is 2.01. The molecule has 0 saturated carbocycles. The summed E-state index contributed by atoms with van der Waals surface area (Å²) < 4.78 is 29.7. The van der Waals surface area contributed by atoms with E-state index in [1.807, 2.05) is 13.8 Å². The van der Waals surface area contributed by atoms with E-state index in [1.54, 1.807) is 0 Å². The van der Waals surface area contributed by atoms with Crippen LogP contribution >= 0.6 is 0 Å². The maximum atomic E-state index is 11.7. The van der Waals surface area contributed by atoms with E-state index in [0.29, 0.717) is 0 Å². The highest BCUT2D eigenvalue weighted by molar-refractivity contribution is 7.89. The van der Waals surface area contributed by atoms with Gasteiger partial charge in [-0.1, -0.05) is 0 Å². The van der Waals surface area contributed by atoms with Crippen LogP contribution in [0, 0.1) is 0 Å². The van der Waals surface area contributed by atoms with Crippen LogP contribution in [0.15, 0.2) is 0 Å². The van der Waals surface area contributed by atoms with Crippen molar-refractivity contribution in [1.82, 2.24) is 4.31 Å². The molecule has 2 N–H and O–H groups in total. The third kappa shape index (κ3) is 6.39. The van der Waals surface area contributed by atoms with Crippen LogP contribution in [-0.4, -0.2) is 67.7 Å². The number of sulfonamides is 1. The molecule has 0 aliphatic carbocycles. The zero-order valence-corrected chi connectivity index (χ0v) is 10.6. The molecule has 0 spiro atoms. The van der Waals surface area contributed by atoms with E-state index in [2.05, 4.69) is 0 Å². The second-order valence-corrected chi connectivity index (χ2v) is 5.67. The molecule has 0 aromatic rings. The van der Waals surface area contributed by atoms with Crippen LogP contribution in [0.2, 0.25) is 0 Å². The van der Waals surface area contributed by atoms with E-state index in [4.69, 9.17) is 14.9 Å². The van der Waals surface area contributed by atoms with Gasteiger partial charge in [0, 0.05) is 13.1 Å². The van der Waals surface area contributed by atoms with Crippen LogP contribution in [-0.2, 0) is 14.8 Å². The first kappa shape index (κ1) is 15.8. The zero-order chi connectivity index (χ0) is 12.6. The van der Waals surface area contributed by atoms with Gasteiger partial charge in [-0.2, -0.15) is 4.31 Å². The minimum absolute atomic E-state index is 0.00454. The van der Waals surface area contributed by atoms with Crippen molar-refractivity contribution in [1.29, 1.82) is 0 Å². The first-order valence-electron chi connectivity index (χ1n) is 5.25. The molecule has 7 heteroatoms. The maximum Gasteiger partial charge on any atom is 0.216 e. The first-order valence-corrected chi connectivity index (χ1v) is 6.86. The van der Waals surface area contributed by atoms with Crippen LogP contribution in [0.1, 0.15) is 13.8 Å². The summed E-state index contributed by atoms with van der Waals surface area (Å²) in [5.41, 5.74) is 0. The van der Waals surface area contributed by atoms with Crippen LogP contribution in [0.25, 0.3) is 0 Å². The van der Waals surface area contributed by atoms with Crippen molar-refractivity contribution in [3.8, 4) is 0 Å². The molecule has 0 amide bonds. The van der Waals surface area contributed by atoms with Crippen molar-refractivity contribution in [2.75, 3.05) is 38.7 Å². The highest BCUT2D eigenvalue weighted by Gasteiger charge is 2.20. The third-order valence-corrected chi connectivity index (χ3v) is 3.72. The Bertz CT molecular complexity index is 259. The zero-order valence-electron chi connectivity index (χ0n) is 9.79. The van der Waals surface area contributed by atoms with E-state index in [-0.39, 0.29) is 44.8 Å². The Kier molecular flexibility index (Phi) is 7.86. The molecule has 0 heterocycles. The minimum atomic E-state index is -3.45. The lowest BCUT2D eigenvalue weighted by Gasteiger charge is -2.20. The summed E-state index contributed by atoms with van der Waals surface area (Å²) in [6.45, 7) is 3.26. The molecular weight excluding hydrogens is 234 g/mol. The summed E-state index contributed by atoms with van der Waals surface area (Å²) in [7, 11) is -3.45. The largest absolute Gasteiger partial charge is 0.395 e. The Hall–Kier alpha value is -0.210. The van der Waals surface area contributed by atoms with Gasteiger partial charge in [-0.05, 0) is 13.8 Å². The molecular formula is C9H21NO5S. The Labute approximate surface area is 96.9 Å². The predicted octanol–water partition coefficient (Wildman–Crippen LogP) is -0.972. The Morgan fingerprint density at radius 3 is 2.06 bits per heavy atom. The van der Waals surface area contributed by atoms with Crippen molar-refractivity contribution in [2.45, 2.75) is 20.0 Å². The molecule has 0 unspecified atom stereocenters. The van der Waals surface area contributed by atoms with Gasteiger partial charge in [-0.25, -0.2) is 8.42 Å². The summed E-state index contributed by atoms with van der Waals surface area (Å²) in [4.78, 5) is 0. The van der Waals surface area contributed by atoms with Crippen molar-refractivity contribution >= 4 is 10.0 Å². The van der Waals surface area contributed by atoms with Gasteiger partial charge in [-0.15, -0.1) is 0 Å². The van der Waals surface area contributed by atoms with E-state index in [9.17, 15) is 8.42 Å². The first-order chi connectivity index (χ1) is 7.44. The molecule has 0 radical (unpaired) electrons. The molecule has 0 bridgehead atoms. The van der Waals surface area contributed by atoms with Crippen molar-refractivity contribution < 1.29 is 23.4 Å². The molecule has 98 valence electrons. The SMILES string of the molecule is CC(C)OCCS(=O)(=O)N(CCO)CCO. The average molecular weight is 255 g/mol. The number of aliphatic hydroxyl groups excluding tert-OH is 2. The Morgan fingerprint density at radius 2 is 1.69 bits per heavy atom. The summed E-state index contributed by atoms with van der Waals surface area (Å²) in [5, 5.41) is 17.4. The number of ether oxygens (including phenoxy) is 1. The fourth-order valence-corrected chi connectivity index (χ4v) is 2.42. The van der Waals surface area contributed by atoms with Gasteiger partial charge >= 0.3 is 0 Å². The average Bonchev–Trinajstić information content (AvgIpc) is 2.16. The van der Waals surface area contributed by atoms with Crippen molar-refractivity contribution in [2.24, 2.45) is 0 Å². The molecule has 0 aliphatic heterocycles. The van der Waals surface area contributed by atoms with Crippen LogP contribution in [0.3, 0.4) is 0 Å². The van der Waals surface area contributed by atoms with E-state index in [1.165, 1.54) is 0 Å². The monoisotopic (exact) mass is 255 g/mol. The van der Waals surface area contributed by atoms with Gasteiger partial charge in [0.25, 0.3) is 0 Å². The van der Waals surface area contributed by atoms with Gasteiger partial charge in [0.2, 0.25) is 10.0 Å². The lowest BCUT2D eigenvalue weighted by molar-refractivity contribution is 0.0904. The maximum absolute atomic E-state index is 11.7. The van der Waals surface area contributed by atoms with Crippen LogP contribution in [0.5, 0.6) is 0 Å². The second kappa shape index (κ2) is 7.97. The normalized spacial score (nSPS) is 12.6. The van der Waals surface area contributed by atoms with Gasteiger partial charge in [0.05, 0.1) is 31.7 Å². The van der Waals surface area contributed by atoms with Gasteiger partial charge in [-0.3, -0.25) is 0 Å². The Balaban J connectivity index is 4.24. The molecule has 6 nitrogen and oxygen atoms in total. The lowest BCUT2D eigenvalue weighted by atomic mass is 10.5. The lowest BCUT2D eigenvalue weighted by Crippen LogP contribution is -2.38. The molecule has 0 aromatic carbocycles. The minimum Gasteiger partial charge on any atom is -0.395 e. The summed E-state index contributed by atoms with van der Waals surface area (Å²) in [5.74, 6) is -0.134. The van der Waals surface area contributed by atoms with E-state index in [0.717, 1.165) is 4.31 Å². The van der Waals surface area contributed by atoms with Crippen molar-refractivity contribution in [3.63, 3.8) is 0 Å². The number of nitrogens with zero attached hydrogens (tertiary/aromatic N) is 1. The third-order valence-electron chi connectivity index (χ3n) is 1.88. The molecule has 0 aromatic heterocycles. The molecule has 16 heavy (non-hydrogen) atoms. The molecule has 0 fully saturated rings.